The molecule has 1 aromatic heterocycles. The van der Waals surface area contributed by atoms with E-state index in [1.54, 1.807) is 12.1 Å². The van der Waals surface area contributed by atoms with Crippen molar-refractivity contribution in [1.29, 1.82) is 0 Å². The van der Waals surface area contributed by atoms with Gasteiger partial charge in [-0.3, -0.25) is 10.1 Å². The Bertz CT molecular complexity index is 607. The van der Waals surface area contributed by atoms with Gasteiger partial charge in [-0.2, -0.15) is 0 Å². The molecular formula is C12H9N2O5-. The van der Waals surface area contributed by atoms with Crippen LogP contribution < -0.4 is 10.4 Å². The molecule has 2 rings (SSSR count). The second-order valence-corrected chi connectivity index (χ2v) is 3.71. The molecule has 1 N–H and O–H groups in total. The fourth-order valence-electron chi connectivity index (χ4n) is 1.55. The molecule has 0 saturated heterocycles. The van der Waals surface area contributed by atoms with Crippen LogP contribution in [0.4, 0.5) is 11.4 Å². The van der Waals surface area contributed by atoms with Gasteiger partial charge in [0.05, 0.1) is 23.7 Å². The minimum Gasteiger partial charge on any atom is -0.545 e. The van der Waals surface area contributed by atoms with Gasteiger partial charge in [-0.25, -0.2) is 0 Å². The number of carboxylic acid groups (broad SMARTS) is 1. The summed E-state index contributed by atoms with van der Waals surface area (Å²) in [5, 5.41) is 24.4. The van der Waals surface area contributed by atoms with Crippen molar-refractivity contribution < 1.29 is 19.2 Å². The Morgan fingerprint density at radius 1 is 1.37 bits per heavy atom. The Balaban J connectivity index is 2.24. The molecule has 19 heavy (non-hydrogen) atoms. The van der Waals surface area contributed by atoms with E-state index in [4.69, 9.17) is 4.42 Å². The number of hydrogen-bond donors (Lipinski definition) is 1. The first-order valence-electron chi connectivity index (χ1n) is 5.34. The number of carbonyl (C=O) groups excluding carboxylic acids is 1. The Morgan fingerprint density at radius 3 is 2.74 bits per heavy atom. The van der Waals surface area contributed by atoms with Gasteiger partial charge in [-0.1, -0.05) is 6.07 Å². The minimum absolute atomic E-state index is 0.214. The molecule has 2 aromatic rings. The molecule has 1 aromatic carbocycles. The lowest BCUT2D eigenvalue weighted by Crippen LogP contribution is -2.22. The SMILES string of the molecule is O=C([O-])c1ccc(NCc2ccco2)c([N+](=O)[O-])c1. The number of carboxylic acids is 1. The number of furan rings is 1. The van der Waals surface area contributed by atoms with E-state index in [1.807, 2.05) is 0 Å². The number of nitro groups is 1. The number of nitrogens with zero attached hydrogens (tertiary/aromatic N) is 1. The van der Waals surface area contributed by atoms with Crippen molar-refractivity contribution in [3.8, 4) is 0 Å². The summed E-state index contributed by atoms with van der Waals surface area (Å²) in [4.78, 5) is 20.9. The van der Waals surface area contributed by atoms with E-state index < -0.39 is 10.9 Å². The molecule has 98 valence electrons. The van der Waals surface area contributed by atoms with Crippen molar-refractivity contribution in [2.24, 2.45) is 0 Å². The summed E-state index contributed by atoms with van der Waals surface area (Å²) in [6, 6.07) is 6.94. The molecule has 0 saturated carbocycles. The van der Waals surface area contributed by atoms with Gasteiger partial charge < -0.3 is 19.6 Å². The normalized spacial score (nSPS) is 10.1. The fourth-order valence-corrected chi connectivity index (χ4v) is 1.55. The van der Waals surface area contributed by atoms with Crippen LogP contribution in [-0.4, -0.2) is 10.9 Å². The second-order valence-electron chi connectivity index (χ2n) is 3.71. The summed E-state index contributed by atoms with van der Waals surface area (Å²) in [6.45, 7) is 0.262. The van der Waals surface area contributed by atoms with Gasteiger partial charge in [0.25, 0.3) is 5.69 Å². The lowest BCUT2D eigenvalue weighted by atomic mass is 10.1. The molecule has 0 radical (unpaired) electrons. The standard InChI is InChI=1S/C12H10N2O5/c15-12(16)8-3-4-10(11(6-8)14(17)18)13-7-9-2-1-5-19-9/h1-6,13H,7H2,(H,15,16)/p-1. The Kier molecular flexibility index (Phi) is 3.46. The zero-order valence-corrected chi connectivity index (χ0v) is 9.66. The van der Waals surface area contributed by atoms with Gasteiger partial charge >= 0.3 is 0 Å². The summed E-state index contributed by atoms with van der Waals surface area (Å²) in [5.41, 5.74) is -0.352. The molecule has 0 unspecified atom stereocenters. The molecule has 7 nitrogen and oxygen atoms in total. The van der Waals surface area contributed by atoms with E-state index in [-0.39, 0.29) is 23.5 Å². The summed E-state index contributed by atoms with van der Waals surface area (Å²) in [7, 11) is 0. The molecule has 0 aliphatic heterocycles. The molecule has 0 fully saturated rings. The lowest BCUT2D eigenvalue weighted by Gasteiger charge is -2.08. The number of benzene rings is 1. The highest BCUT2D eigenvalue weighted by Crippen LogP contribution is 2.26. The van der Waals surface area contributed by atoms with E-state index in [9.17, 15) is 20.0 Å². The number of rotatable bonds is 5. The highest BCUT2D eigenvalue weighted by molar-refractivity contribution is 5.88. The third-order valence-electron chi connectivity index (χ3n) is 2.46. The highest BCUT2D eigenvalue weighted by Gasteiger charge is 2.15. The van der Waals surface area contributed by atoms with Crippen molar-refractivity contribution in [3.63, 3.8) is 0 Å². The molecule has 0 spiro atoms. The third-order valence-corrected chi connectivity index (χ3v) is 2.46. The highest BCUT2D eigenvalue weighted by atomic mass is 16.6. The van der Waals surface area contributed by atoms with Gasteiger partial charge in [0.1, 0.15) is 11.4 Å². The molecule has 0 amide bonds. The number of carbonyl (C=O) groups is 1. The number of nitrogens with one attached hydrogen (secondary N) is 1. The molecule has 1 heterocycles. The quantitative estimate of drug-likeness (QED) is 0.639. The van der Waals surface area contributed by atoms with Gasteiger partial charge in [0.15, 0.2) is 0 Å². The first-order chi connectivity index (χ1) is 9.08. The Hall–Kier alpha value is -2.83. The van der Waals surface area contributed by atoms with Crippen LogP contribution in [0.2, 0.25) is 0 Å². The number of aromatic carboxylic acids is 1. The van der Waals surface area contributed by atoms with Gasteiger partial charge in [-0.15, -0.1) is 0 Å². The van der Waals surface area contributed by atoms with Crippen LogP contribution in [0.1, 0.15) is 16.1 Å². The predicted octanol–water partition coefficient (Wildman–Crippen LogP) is 1.16. The third kappa shape index (κ3) is 2.89. The van der Waals surface area contributed by atoms with Crippen LogP contribution in [0.3, 0.4) is 0 Å². The maximum absolute atomic E-state index is 10.9. The monoisotopic (exact) mass is 261 g/mol. The van der Waals surface area contributed by atoms with E-state index in [0.29, 0.717) is 5.76 Å². The molecule has 0 bridgehead atoms. The molecule has 0 atom stereocenters. The van der Waals surface area contributed by atoms with Crippen LogP contribution in [0, 0.1) is 10.1 Å². The van der Waals surface area contributed by atoms with Crippen molar-refractivity contribution in [1.82, 2.24) is 0 Å². The lowest BCUT2D eigenvalue weighted by molar-refractivity contribution is -0.384. The molecule has 0 aliphatic carbocycles. The van der Waals surface area contributed by atoms with Crippen LogP contribution in [0.5, 0.6) is 0 Å². The van der Waals surface area contributed by atoms with Crippen LogP contribution in [0.15, 0.2) is 41.0 Å². The number of hydrogen-bond acceptors (Lipinski definition) is 6. The largest absolute Gasteiger partial charge is 0.545 e. The van der Waals surface area contributed by atoms with E-state index in [0.717, 1.165) is 6.07 Å². The summed E-state index contributed by atoms with van der Waals surface area (Å²) < 4.78 is 5.08. The molecule has 0 aliphatic rings. The smallest absolute Gasteiger partial charge is 0.292 e. The Labute approximate surface area is 107 Å². The van der Waals surface area contributed by atoms with Crippen molar-refractivity contribution in [3.05, 3.63) is 58.0 Å². The van der Waals surface area contributed by atoms with Gasteiger partial charge in [0, 0.05) is 11.6 Å². The predicted molar refractivity (Wildman–Crippen MR) is 63.5 cm³/mol. The minimum atomic E-state index is -1.46. The van der Waals surface area contributed by atoms with Crippen LogP contribution in [0.25, 0.3) is 0 Å². The zero-order chi connectivity index (χ0) is 13.8. The number of nitro benzene ring substituents is 1. The molecular weight excluding hydrogens is 252 g/mol. The first-order valence-corrected chi connectivity index (χ1v) is 5.34. The van der Waals surface area contributed by atoms with Crippen LogP contribution >= 0.6 is 0 Å². The van der Waals surface area contributed by atoms with Crippen LogP contribution in [-0.2, 0) is 6.54 Å². The topological polar surface area (TPSA) is 108 Å². The molecule has 7 heteroatoms. The van der Waals surface area contributed by atoms with E-state index in [1.165, 1.54) is 18.4 Å². The maximum Gasteiger partial charge on any atom is 0.292 e. The second kappa shape index (κ2) is 5.21. The summed E-state index contributed by atoms with van der Waals surface area (Å²) in [6.07, 6.45) is 1.49. The number of anilines is 1. The maximum atomic E-state index is 10.9. The summed E-state index contributed by atoms with van der Waals surface area (Å²) in [5.74, 6) is -0.848. The zero-order valence-electron chi connectivity index (χ0n) is 9.66. The average molecular weight is 261 g/mol. The van der Waals surface area contributed by atoms with Gasteiger partial charge in [-0.05, 0) is 18.2 Å². The summed E-state index contributed by atoms with van der Waals surface area (Å²) >= 11 is 0. The van der Waals surface area contributed by atoms with Crippen molar-refractivity contribution in [2.45, 2.75) is 6.54 Å². The Morgan fingerprint density at radius 2 is 2.16 bits per heavy atom. The average Bonchev–Trinajstić information content (AvgIpc) is 2.89. The van der Waals surface area contributed by atoms with Crippen molar-refractivity contribution in [2.75, 3.05) is 5.32 Å². The van der Waals surface area contributed by atoms with E-state index >= 15 is 0 Å². The van der Waals surface area contributed by atoms with E-state index in [2.05, 4.69) is 5.32 Å². The first kappa shape index (κ1) is 12.6. The fraction of sp³-hybridized carbons (Fsp3) is 0.0833. The van der Waals surface area contributed by atoms with Gasteiger partial charge in [0.2, 0.25) is 0 Å². The van der Waals surface area contributed by atoms with Crippen molar-refractivity contribution >= 4 is 17.3 Å².